The standard InChI is InChI=1S/C17H23NO/c1-2-3-4-5-6-7-14-19-16-12-8-10-15-11-9-13-18-17(15)16/h8-13H,2-7,14H2,1H3. The average molecular weight is 257 g/mol. The zero-order chi connectivity index (χ0) is 13.3. The Morgan fingerprint density at radius 3 is 2.63 bits per heavy atom. The van der Waals surface area contributed by atoms with Crippen LogP contribution in [0.3, 0.4) is 0 Å². The molecule has 2 rings (SSSR count). The first-order valence-electron chi connectivity index (χ1n) is 7.38. The summed E-state index contributed by atoms with van der Waals surface area (Å²) in [5, 5.41) is 1.14. The molecule has 0 saturated heterocycles. The van der Waals surface area contributed by atoms with Gasteiger partial charge in [-0.3, -0.25) is 4.98 Å². The predicted molar refractivity (Wildman–Crippen MR) is 80.6 cm³/mol. The van der Waals surface area contributed by atoms with Gasteiger partial charge in [0.05, 0.1) is 6.61 Å². The fourth-order valence-electron chi connectivity index (χ4n) is 2.26. The van der Waals surface area contributed by atoms with Gasteiger partial charge in [0, 0.05) is 11.6 Å². The van der Waals surface area contributed by atoms with E-state index < -0.39 is 0 Å². The monoisotopic (exact) mass is 257 g/mol. The van der Waals surface area contributed by atoms with Crippen LogP contribution in [-0.2, 0) is 0 Å². The molecule has 0 spiro atoms. The van der Waals surface area contributed by atoms with E-state index in [1.54, 1.807) is 0 Å². The fraction of sp³-hybridized carbons (Fsp3) is 0.471. The van der Waals surface area contributed by atoms with Gasteiger partial charge in [-0.15, -0.1) is 0 Å². The molecule has 0 aliphatic rings. The van der Waals surface area contributed by atoms with Gasteiger partial charge in [0.25, 0.3) is 0 Å². The largest absolute Gasteiger partial charge is 0.491 e. The van der Waals surface area contributed by atoms with Crippen molar-refractivity contribution in [2.24, 2.45) is 0 Å². The van der Waals surface area contributed by atoms with Crippen LogP contribution >= 0.6 is 0 Å². The van der Waals surface area contributed by atoms with E-state index in [0.717, 1.165) is 29.7 Å². The van der Waals surface area contributed by atoms with Crippen LogP contribution in [-0.4, -0.2) is 11.6 Å². The molecule has 0 bridgehead atoms. The van der Waals surface area contributed by atoms with Crippen LogP contribution in [0.2, 0.25) is 0 Å². The van der Waals surface area contributed by atoms with Crippen LogP contribution in [0.1, 0.15) is 45.4 Å². The third-order valence-corrected chi connectivity index (χ3v) is 3.35. The van der Waals surface area contributed by atoms with E-state index in [1.807, 2.05) is 24.4 Å². The van der Waals surface area contributed by atoms with Crippen molar-refractivity contribution in [3.05, 3.63) is 36.5 Å². The SMILES string of the molecule is CCCCCCCCOc1cccc2cccnc12. The molecule has 0 unspecified atom stereocenters. The molecule has 1 heterocycles. The van der Waals surface area contributed by atoms with Gasteiger partial charge in [-0.1, -0.05) is 57.2 Å². The zero-order valence-electron chi connectivity index (χ0n) is 11.8. The highest BCUT2D eigenvalue weighted by atomic mass is 16.5. The summed E-state index contributed by atoms with van der Waals surface area (Å²) in [7, 11) is 0. The highest BCUT2D eigenvalue weighted by molar-refractivity contribution is 5.84. The van der Waals surface area contributed by atoms with E-state index in [2.05, 4.69) is 24.0 Å². The first-order chi connectivity index (χ1) is 9.42. The summed E-state index contributed by atoms with van der Waals surface area (Å²) in [6.07, 6.45) is 9.55. The number of para-hydroxylation sites is 1. The lowest BCUT2D eigenvalue weighted by atomic mass is 10.1. The molecule has 0 aliphatic carbocycles. The van der Waals surface area contributed by atoms with Crippen molar-refractivity contribution in [3.8, 4) is 5.75 Å². The van der Waals surface area contributed by atoms with Crippen LogP contribution < -0.4 is 4.74 Å². The second-order valence-electron chi connectivity index (χ2n) is 4.95. The third-order valence-electron chi connectivity index (χ3n) is 3.35. The van der Waals surface area contributed by atoms with Gasteiger partial charge in [0.2, 0.25) is 0 Å². The minimum atomic E-state index is 0.793. The molecule has 2 nitrogen and oxygen atoms in total. The predicted octanol–water partition coefficient (Wildman–Crippen LogP) is 4.97. The summed E-state index contributed by atoms with van der Waals surface area (Å²) >= 11 is 0. The van der Waals surface area contributed by atoms with E-state index in [1.165, 1.54) is 32.1 Å². The molecule has 1 aromatic heterocycles. The number of hydrogen-bond donors (Lipinski definition) is 0. The number of fused-ring (bicyclic) bond motifs is 1. The third kappa shape index (κ3) is 4.23. The number of ether oxygens (including phenoxy) is 1. The minimum absolute atomic E-state index is 0.793. The summed E-state index contributed by atoms with van der Waals surface area (Å²) in [5.41, 5.74) is 0.969. The minimum Gasteiger partial charge on any atom is -0.491 e. The summed E-state index contributed by atoms with van der Waals surface area (Å²) in [6.45, 7) is 3.04. The molecule has 0 amide bonds. The summed E-state index contributed by atoms with van der Waals surface area (Å²) in [6, 6.07) is 10.1. The van der Waals surface area contributed by atoms with E-state index in [4.69, 9.17) is 4.74 Å². The molecule has 2 aromatic rings. The molecular formula is C17H23NO. The molecule has 2 heteroatoms. The Hall–Kier alpha value is -1.57. The van der Waals surface area contributed by atoms with Crippen LogP contribution in [0.15, 0.2) is 36.5 Å². The van der Waals surface area contributed by atoms with Crippen molar-refractivity contribution in [1.82, 2.24) is 4.98 Å². The molecule has 0 N–H and O–H groups in total. The lowest BCUT2D eigenvalue weighted by Gasteiger charge is -2.08. The molecule has 0 atom stereocenters. The second-order valence-corrected chi connectivity index (χ2v) is 4.95. The zero-order valence-corrected chi connectivity index (χ0v) is 11.8. The lowest BCUT2D eigenvalue weighted by molar-refractivity contribution is 0.307. The van der Waals surface area contributed by atoms with E-state index in [9.17, 15) is 0 Å². The van der Waals surface area contributed by atoms with Crippen molar-refractivity contribution >= 4 is 10.9 Å². The van der Waals surface area contributed by atoms with Gasteiger partial charge in [-0.05, 0) is 18.6 Å². The van der Waals surface area contributed by atoms with E-state index in [0.29, 0.717) is 0 Å². The lowest BCUT2D eigenvalue weighted by Crippen LogP contribution is -1.98. The number of pyridine rings is 1. The Morgan fingerprint density at radius 2 is 1.74 bits per heavy atom. The second kappa shape index (κ2) is 7.78. The maximum absolute atomic E-state index is 5.86. The fourth-order valence-corrected chi connectivity index (χ4v) is 2.26. The Labute approximate surface area is 115 Å². The molecule has 0 fully saturated rings. The van der Waals surface area contributed by atoms with Crippen molar-refractivity contribution in [3.63, 3.8) is 0 Å². The normalized spacial score (nSPS) is 10.8. The van der Waals surface area contributed by atoms with Crippen molar-refractivity contribution in [1.29, 1.82) is 0 Å². The van der Waals surface area contributed by atoms with Crippen LogP contribution in [0.25, 0.3) is 10.9 Å². The van der Waals surface area contributed by atoms with Crippen LogP contribution in [0, 0.1) is 0 Å². The highest BCUT2D eigenvalue weighted by Gasteiger charge is 2.01. The van der Waals surface area contributed by atoms with Gasteiger partial charge in [-0.2, -0.15) is 0 Å². The molecule has 0 radical (unpaired) electrons. The van der Waals surface area contributed by atoms with Crippen LogP contribution in [0.4, 0.5) is 0 Å². The summed E-state index contributed by atoms with van der Waals surface area (Å²) in [4.78, 5) is 4.40. The molecular weight excluding hydrogens is 234 g/mol. The van der Waals surface area contributed by atoms with Gasteiger partial charge in [0.15, 0.2) is 0 Å². The van der Waals surface area contributed by atoms with Crippen molar-refractivity contribution < 1.29 is 4.74 Å². The topological polar surface area (TPSA) is 22.1 Å². The molecule has 0 saturated carbocycles. The Morgan fingerprint density at radius 1 is 0.947 bits per heavy atom. The first-order valence-corrected chi connectivity index (χ1v) is 7.38. The number of rotatable bonds is 8. The van der Waals surface area contributed by atoms with E-state index in [-0.39, 0.29) is 0 Å². The van der Waals surface area contributed by atoms with Crippen molar-refractivity contribution in [2.45, 2.75) is 45.4 Å². The number of aromatic nitrogens is 1. The maximum atomic E-state index is 5.86. The molecule has 1 aromatic carbocycles. The van der Waals surface area contributed by atoms with E-state index >= 15 is 0 Å². The van der Waals surface area contributed by atoms with Crippen LogP contribution in [0.5, 0.6) is 5.75 Å². The van der Waals surface area contributed by atoms with Gasteiger partial charge in [0.1, 0.15) is 11.3 Å². The number of benzene rings is 1. The molecule has 0 aliphatic heterocycles. The highest BCUT2D eigenvalue weighted by Crippen LogP contribution is 2.23. The smallest absolute Gasteiger partial charge is 0.145 e. The Kier molecular flexibility index (Phi) is 5.67. The first kappa shape index (κ1) is 13.9. The Bertz CT molecular complexity index is 490. The van der Waals surface area contributed by atoms with Gasteiger partial charge in [-0.25, -0.2) is 0 Å². The average Bonchev–Trinajstić information content (AvgIpc) is 2.46. The molecule has 19 heavy (non-hydrogen) atoms. The Balaban J connectivity index is 1.78. The van der Waals surface area contributed by atoms with Gasteiger partial charge < -0.3 is 4.74 Å². The molecule has 102 valence electrons. The summed E-state index contributed by atoms with van der Waals surface area (Å²) < 4.78 is 5.86. The number of hydrogen-bond acceptors (Lipinski definition) is 2. The van der Waals surface area contributed by atoms with Crippen molar-refractivity contribution in [2.75, 3.05) is 6.61 Å². The quantitative estimate of drug-likeness (QED) is 0.623. The summed E-state index contributed by atoms with van der Waals surface area (Å²) in [5.74, 6) is 0.909. The number of unbranched alkanes of at least 4 members (excludes halogenated alkanes) is 5. The maximum Gasteiger partial charge on any atom is 0.145 e. The number of nitrogens with zero attached hydrogens (tertiary/aromatic N) is 1. The van der Waals surface area contributed by atoms with Gasteiger partial charge >= 0.3 is 0 Å².